The summed E-state index contributed by atoms with van der Waals surface area (Å²) in [7, 11) is 0. The summed E-state index contributed by atoms with van der Waals surface area (Å²) in [6.45, 7) is 26.2. The summed E-state index contributed by atoms with van der Waals surface area (Å²) in [6, 6.07) is 67.7. The molecule has 0 aromatic heterocycles. The predicted octanol–water partition coefficient (Wildman–Crippen LogP) is 24.7. The second-order valence-electron chi connectivity index (χ2n) is 29.9. The quantitative estimate of drug-likeness (QED) is 0.0332. The number of carbonyl (C=O) groups excluding carboxylic acids is 3. The van der Waals surface area contributed by atoms with Crippen LogP contribution in [0.5, 0.6) is 34.5 Å². The number of phenolic OH excluding ortho intramolecular Hbond substituents is 3. The first-order valence-electron chi connectivity index (χ1n) is 38.8. The fraction of sp³-hybridized carbons (Fsp3) is 0.400. The van der Waals surface area contributed by atoms with E-state index >= 15 is 0 Å². The first-order chi connectivity index (χ1) is 50.2. The molecule has 14 unspecified atom stereocenters. The van der Waals surface area contributed by atoms with Gasteiger partial charge in [0.15, 0.2) is 0 Å². The number of hydrogen-bond acceptors (Lipinski definition) is 9. The summed E-state index contributed by atoms with van der Waals surface area (Å²) in [4.78, 5) is 37.9. The molecule has 0 saturated heterocycles. The van der Waals surface area contributed by atoms with Crippen molar-refractivity contribution < 1.29 is 43.9 Å². The number of allylic oxidation sites excluding steroid dienone is 1. The number of aromatic hydroxyl groups is 3. The van der Waals surface area contributed by atoms with Gasteiger partial charge in [0.05, 0.1) is 11.5 Å². The second-order valence-corrected chi connectivity index (χ2v) is 29.9. The topological polar surface area (TPSA) is 140 Å². The molecule has 3 N–H and O–H groups in total. The Bertz CT molecular complexity index is 4030. The van der Waals surface area contributed by atoms with Crippen LogP contribution in [0.2, 0.25) is 0 Å². The van der Waals surface area contributed by atoms with E-state index in [4.69, 9.17) is 29.5 Å². The standard InChI is InChI=1S/C23H30O2.C21H22O2.C21H20O2.3C10H14O/c1-3-13(2)14-6-8-18(9-7-14)25-23(24)20-12-17-11-19(20)22-16-5-4-15(10-16)21(17)22;2*1-3-15(2)16-11-13-18(14-12-16)23-21(22)20-10-6-8-17-7-4-5-9-19(17)20;3*1-3-8(2)9-4-6-10(11)7-5-9/h6-9,13,15-17,19-22H,3-5,10-12H2,1-2H3;4-7,9-15,20H,3,8H2,1-2H3;4-15H,3H2,1-2H3;3*4-8,11H,3H2,1-2H3. The van der Waals surface area contributed by atoms with E-state index in [-0.39, 0.29) is 29.7 Å². The van der Waals surface area contributed by atoms with Gasteiger partial charge in [0, 0.05) is 0 Å². The van der Waals surface area contributed by atoms with Gasteiger partial charge in [-0.1, -0.05) is 229 Å². The van der Waals surface area contributed by atoms with Gasteiger partial charge in [-0.15, -0.1) is 0 Å². The molecule has 0 spiro atoms. The van der Waals surface area contributed by atoms with Crippen LogP contribution in [-0.2, 0) is 16.0 Å². The van der Waals surface area contributed by atoms with Crippen molar-refractivity contribution in [3.63, 3.8) is 0 Å². The molecular formula is C95H114O9. The van der Waals surface area contributed by atoms with E-state index in [1.807, 2.05) is 164 Å². The zero-order chi connectivity index (χ0) is 74.4. The zero-order valence-electron chi connectivity index (χ0n) is 63.7. The Balaban J connectivity index is 0.000000150. The predicted molar refractivity (Wildman–Crippen MR) is 426 cm³/mol. The maximum atomic E-state index is 12.9. The Morgan fingerprint density at radius 1 is 0.385 bits per heavy atom. The van der Waals surface area contributed by atoms with Crippen molar-refractivity contribution >= 4 is 28.7 Å². The fourth-order valence-corrected chi connectivity index (χ4v) is 15.9. The highest BCUT2D eigenvalue weighted by Crippen LogP contribution is 2.69. The lowest BCUT2D eigenvalue weighted by Gasteiger charge is -2.37. The fourth-order valence-electron chi connectivity index (χ4n) is 15.9. The van der Waals surface area contributed by atoms with Gasteiger partial charge < -0.3 is 29.5 Å². The summed E-state index contributed by atoms with van der Waals surface area (Å²) in [5, 5.41) is 29.0. The smallest absolute Gasteiger partial charge is 0.344 e. The highest BCUT2D eigenvalue weighted by molar-refractivity contribution is 6.05. The van der Waals surface area contributed by atoms with E-state index in [0.29, 0.717) is 75.7 Å². The van der Waals surface area contributed by atoms with Crippen molar-refractivity contribution in [2.75, 3.05) is 0 Å². The molecule has 4 fully saturated rings. The molecule has 9 nitrogen and oxygen atoms in total. The third kappa shape index (κ3) is 20.8. The van der Waals surface area contributed by atoms with E-state index in [0.717, 1.165) is 103 Å². The average Bonchev–Trinajstić information content (AvgIpc) is 1.55. The van der Waals surface area contributed by atoms with Crippen LogP contribution >= 0.6 is 0 Å². The first kappa shape index (κ1) is 78.9. The van der Waals surface area contributed by atoms with Gasteiger partial charge in [0.2, 0.25) is 0 Å². The van der Waals surface area contributed by atoms with Crippen molar-refractivity contribution in [3.8, 4) is 34.5 Å². The van der Waals surface area contributed by atoms with Gasteiger partial charge >= 0.3 is 17.9 Å². The van der Waals surface area contributed by atoms with Crippen molar-refractivity contribution in [1.82, 2.24) is 0 Å². The number of fused-ring (bicyclic) bond motifs is 11. The largest absolute Gasteiger partial charge is 0.508 e. The van der Waals surface area contributed by atoms with E-state index in [1.165, 1.54) is 64.6 Å². The molecule has 5 aliphatic carbocycles. The molecule has 9 aromatic rings. The Kier molecular flexibility index (Phi) is 29.2. The van der Waals surface area contributed by atoms with Crippen LogP contribution in [0.4, 0.5) is 0 Å². The Labute approximate surface area is 621 Å². The number of carbonyl (C=O) groups is 3. The molecule has 104 heavy (non-hydrogen) atoms. The number of rotatable bonds is 18. The summed E-state index contributed by atoms with van der Waals surface area (Å²) in [6.07, 6.45) is 18.4. The minimum atomic E-state index is -0.321. The molecule has 4 bridgehead atoms. The van der Waals surface area contributed by atoms with Crippen LogP contribution < -0.4 is 14.2 Å². The minimum Gasteiger partial charge on any atom is -0.508 e. The van der Waals surface area contributed by atoms with Crippen molar-refractivity contribution in [2.45, 2.75) is 202 Å². The lowest BCUT2D eigenvalue weighted by molar-refractivity contribution is -0.142. The maximum Gasteiger partial charge on any atom is 0.344 e. The SMILES string of the molecule is CCC(C)c1ccc(O)cc1.CCC(C)c1ccc(O)cc1.CCC(C)c1ccc(O)cc1.CCC(C)c1ccc(OC(=O)C2C=CCc3ccccc32)cc1.CCC(C)c1ccc(OC(=O)C2CC3CC2C2C4CCC(C4)C32)cc1.CCC(C)c1ccc(OC(=O)c2cccc3ccccc23)cc1. The van der Waals surface area contributed by atoms with Crippen LogP contribution in [0.15, 0.2) is 224 Å². The normalized spacial score (nSPS) is 20.7. The van der Waals surface area contributed by atoms with Gasteiger partial charge in [-0.3, -0.25) is 9.59 Å². The van der Waals surface area contributed by atoms with E-state index < -0.39 is 0 Å². The summed E-state index contributed by atoms with van der Waals surface area (Å²) in [5.74, 6) is 10.9. The van der Waals surface area contributed by atoms with Gasteiger partial charge in [-0.2, -0.15) is 0 Å². The molecular weight excluding hydrogens is 1290 g/mol. The number of phenols is 3. The van der Waals surface area contributed by atoms with Crippen LogP contribution in [0.3, 0.4) is 0 Å². The highest BCUT2D eigenvalue weighted by Gasteiger charge is 2.63. The Morgan fingerprint density at radius 3 is 1.20 bits per heavy atom. The number of ether oxygens (including phenoxy) is 3. The zero-order valence-corrected chi connectivity index (χ0v) is 63.7. The number of benzene rings is 9. The Hall–Kier alpha value is -9.21. The van der Waals surface area contributed by atoms with E-state index in [1.54, 1.807) is 42.5 Å². The van der Waals surface area contributed by atoms with Crippen molar-refractivity contribution in [3.05, 3.63) is 275 Å². The molecule has 0 heterocycles. The summed E-state index contributed by atoms with van der Waals surface area (Å²) < 4.78 is 16.9. The molecule has 5 aliphatic rings. The molecule has 0 aliphatic heterocycles. The van der Waals surface area contributed by atoms with E-state index in [9.17, 15) is 14.4 Å². The van der Waals surface area contributed by atoms with Gasteiger partial charge in [-0.25, -0.2) is 4.79 Å². The van der Waals surface area contributed by atoms with Crippen LogP contribution in [0.25, 0.3) is 10.8 Å². The molecule has 14 atom stereocenters. The lowest BCUT2D eigenvalue weighted by Crippen LogP contribution is -2.37. The van der Waals surface area contributed by atoms with Crippen LogP contribution in [-0.4, -0.2) is 33.2 Å². The second kappa shape index (κ2) is 38.5. The molecule has 9 heteroatoms. The third-order valence-corrected chi connectivity index (χ3v) is 23.4. The van der Waals surface area contributed by atoms with Gasteiger partial charge in [0.1, 0.15) is 40.4 Å². The third-order valence-electron chi connectivity index (χ3n) is 23.4. The highest BCUT2D eigenvalue weighted by atomic mass is 16.5. The number of esters is 3. The van der Waals surface area contributed by atoms with Crippen molar-refractivity contribution in [1.29, 1.82) is 0 Å². The first-order valence-corrected chi connectivity index (χ1v) is 38.8. The lowest BCUT2D eigenvalue weighted by atomic mass is 9.67. The average molecular weight is 1400 g/mol. The Morgan fingerprint density at radius 2 is 0.760 bits per heavy atom. The molecule has 0 radical (unpaired) electrons. The summed E-state index contributed by atoms with van der Waals surface area (Å²) >= 11 is 0. The molecule has 9 aromatic carbocycles. The van der Waals surface area contributed by atoms with Gasteiger partial charge in [-0.05, 0) is 282 Å². The molecule has 14 rings (SSSR count). The maximum absolute atomic E-state index is 12.9. The number of hydrogen-bond donors (Lipinski definition) is 3. The minimum absolute atomic E-state index is 0.0463. The summed E-state index contributed by atoms with van der Waals surface area (Å²) in [5.41, 5.74) is 10.6. The van der Waals surface area contributed by atoms with Gasteiger partial charge in [0.25, 0.3) is 0 Å². The molecule has 548 valence electrons. The monoisotopic (exact) mass is 1400 g/mol. The van der Waals surface area contributed by atoms with Crippen LogP contribution in [0.1, 0.15) is 250 Å². The molecule has 0 amide bonds. The van der Waals surface area contributed by atoms with Crippen LogP contribution in [0, 0.1) is 41.4 Å². The van der Waals surface area contributed by atoms with E-state index in [2.05, 4.69) is 101 Å². The van der Waals surface area contributed by atoms with Crippen molar-refractivity contribution in [2.24, 2.45) is 41.4 Å². The molecule has 4 saturated carbocycles.